The summed E-state index contributed by atoms with van der Waals surface area (Å²) >= 11 is 0. The first kappa shape index (κ1) is 20.5. The standard InChI is InChI=1S/C19H33N3O2/c1-14-9-8-10-15(2)18(14)24-13-16(3)21-19(23)17(20)11-6-7-12-22(4)5/h8-10,16-17H,6-7,11-13,20H2,1-5H3,(H,21,23)/t16?,17-/m0/s1. The highest BCUT2D eigenvalue weighted by atomic mass is 16.5. The average Bonchev–Trinajstić information content (AvgIpc) is 2.50. The van der Waals surface area contributed by atoms with Gasteiger partial charge in [-0.05, 0) is 65.4 Å². The Morgan fingerprint density at radius 1 is 1.25 bits per heavy atom. The van der Waals surface area contributed by atoms with Crippen molar-refractivity contribution in [3.8, 4) is 5.75 Å². The minimum atomic E-state index is -0.449. The van der Waals surface area contributed by atoms with Crippen molar-refractivity contribution >= 4 is 5.91 Å². The Hall–Kier alpha value is -1.59. The molecular weight excluding hydrogens is 302 g/mol. The number of para-hydroxylation sites is 1. The molecule has 0 saturated heterocycles. The maximum absolute atomic E-state index is 12.1. The van der Waals surface area contributed by atoms with E-state index in [0.29, 0.717) is 13.0 Å². The first-order chi connectivity index (χ1) is 11.3. The number of ether oxygens (including phenoxy) is 1. The molecule has 0 aliphatic heterocycles. The molecule has 0 aliphatic rings. The number of unbranched alkanes of at least 4 members (excludes halogenated alkanes) is 1. The number of rotatable bonds is 10. The summed E-state index contributed by atoms with van der Waals surface area (Å²) in [6, 6.07) is 5.53. The number of carbonyl (C=O) groups excluding carboxylic acids is 1. The zero-order valence-electron chi connectivity index (χ0n) is 15.8. The number of hydrogen-bond donors (Lipinski definition) is 2. The van der Waals surface area contributed by atoms with E-state index in [1.54, 1.807) is 0 Å². The summed E-state index contributed by atoms with van der Waals surface area (Å²) in [4.78, 5) is 14.3. The topological polar surface area (TPSA) is 67.6 Å². The molecule has 5 heteroatoms. The molecule has 0 aromatic heterocycles. The second-order valence-electron chi connectivity index (χ2n) is 6.85. The van der Waals surface area contributed by atoms with E-state index in [-0.39, 0.29) is 11.9 Å². The van der Waals surface area contributed by atoms with Crippen molar-refractivity contribution < 1.29 is 9.53 Å². The van der Waals surface area contributed by atoms with Crippen LogP contribution in [0.15, 0.2) is 18.2 Å². The predicted octanol–water partition coefficient (Wildman–Crippen LogP) is 2.25. The van der Waals surface area contributed by atoms with Gasteiger partial charge in [0.25, 0.3) is 0 Å². The molecule has 1 rings (SSSR count). The van der Waals surface area contributed by atoms with Crippen LogP contribution < -0.4 is 15.8 Å². The molecule has 0 aliphatic carbocycles. The van der Waals surface area contributed by atoms with Gasteiger partial charge in [0.1, 0.15) is 12.4 Å². The maximum Gasteiger partial charge on any atom is 0.237 e. The summed E-state index contributed by atoms with van der Waals surface area (Å²) < 4.78 is 5.87. The molecule has 0 saturated carbocycles. The van der Waals surface area contributed by atoms with Gasteiger partial charge in [-0.1, -0.05) is 24.6 Å². The van der Waals surface area contributed by atoms with Crippen LogP contribution >= 0.6 is 0 Å². The Morgan fingerprint density at radius 2 is 1.88 bits per heavy atom. The van der Waals surface area contributed by atoms with Gasteiger partial charge in [0.2, 0.25) is 5.91 Å². The molecule has 24 heavy (non-hydrogen) atoms. The molecule has 0 fully saturated rings. The Bertz CT molecular complexity index is 497. The van der Waals surface area contributed by atoms with Crippen LogP contribution in [-0.4, -0.2) is 50.1 Å². The van der Waals surface area contributed by atoms with Crippen LogP contribution in [0.2, 0.25) is 0 Å². The summed E-state index contributed by atoms with van der Waals surface area (Å²) in [6.07, 6.45) is 2.73. The highest BCUT2D eigenvalue weighted by Gasteiger charge is 2.16. The Morgan fingerprint density at radius 3 is 2.46 bits per heavy atom. The van der Waals surface area contributed by atoms with Crippen molar-refractivity contribution in [1.82, 2.24) is 10.2 Å². The Kier molecular flexibility index (Phi) is 8.79. The largest absolute Gasteiger partial charge is 0.491 e. The fraction of sp³-hybridized carbons (Fsp3) is 0.632. The van der Waals surface area contributed by atoms with Crippen LogP contribution in [-0.2, 0) is 4.79 Å². The van der Waals surface area contributed by atoms with Crippen molar-refractivity contribution in [2.75, 3.05) is 27.2 Å². The normalized spacial score (nSPS) is 13.6. The molecule has 0 spiro atoms. The number of carbonyl (C=O) groups is 1. The molecular formula is C19H33N3O2. The summed E-state index contributed by atoms with van der Waals surface area (Å²) in [5.74, 6) is 0.795. The van der Waals surface area contributed by atoms with Crippen molar-refractivity contribution in [3.05, 3.63) is 29.3 Å². The van der Waals surface area contributed by atoms with E-state index >= 15 is 0 Å². The highest BCUT2D eigenvalue weighted by Crippen LogP contribution is 2.22. The molecule has 136 valence electrons. The quantitative estimate of drug-likeness (QED) is 0.644. The summed E-state index contributed by atoms with van der Waals surface area (Å²) in [6.45, 7) is 7.44. The first-order valence-corrected chi connectivity index (χ1v) is 8.71. The van der Waals surface area contributed by atoms with E-state index in [2.05, 4.69) is 10.2 Å². The van der Waals surface area contributed by atoms with Crippen molar-refractivity contribution in [2.45, 2.75) is 52.1 Å². The molecule has 1 amide bonds. The zero-order chi connectivity index (χ0) is 18.1. The van der Waals surface area contributed by atoms with Gasteiger partial charge in [0, 0.05) is 0 Å². The van der Waals surface area contributed by atoms with Crippen LogP contribution in [0.1, 0.15) is 37.3 Å². The van der Waals surface area contributed by atoms with Gasteiger partial charge in [0.05, 0.1) is 12.1 Å². The fourth-order valence-electron chi connectivity index (χ4n) is 2.55. The number of benzene rings is 1. The fourth-order valence-corrected chi connectivity index (χ4v) is 2.55. The van der Waals surface area contributed by atoms with Crippen molar-refractivity contribution in [1.29, 1.82) is 0 Å². The number of aryl methyl sites for hydroxylation is 2. The van der Waals surface area contributed by atoms with E-state index in [9.17, 15) is 4.79 Å². The second-order valence-corrected chi connectivity index (χ2v) is 6.85. The van der Waals surface area contributed by atoms with Crippen molar-refractivity contribution in [3.63, 3.8) is 0 Å². The molecule has 0 heterocycles. The lowest BCUT2D eigenvalue weighted by molar-refractivity contribution is -0.123. The molecule has 1 aromatic carbocycles. The molecule has 0 radical (unpaired) electrons. The van der Waals surface area contributed by atoms with Gasteiger partial charge in [-0.15, -0.1) is 0 Å². The van der Waals surface area contributed by atoms with Gasteiger partial charge >= 0.3 is 0 Å². The highest BCUT2D eigenvalue weighted by molar-refractivity contribution is 5.81. The van der Waals surface area contributed by atoms with Crippen LogP contribution in [0.3, 0.4) is 0 Å². The Labute approximate surface area is 146 Å². The van der Waals surface area contributed by atoms with Gasteiger partial charge in [-0.3, -0.25) is 4.79 Å². The predicted molar refractivity (Wildman–Crippen MR) is 99.4 cm³/mol. The summed E-state index contributed by atoms with van der Waals surface area (Å²) in [7, 11) is 4.09. The third-order valence-electron chi connectivity index (χ3n) is 3.98. The third-order valence-corrected chi connectivity index (χ3v) is 3.98. The summed E-state index contributed by atoms with van der Waals surface area (Å²) in [5, 5.41) is 2.94. The average molecular weight is 335 g/mol. The molecule has 3 N–H and O–H groups in total. The van der Waals surface area contributed by atoms with Crippen LogP contribution in [0.5, 0.6) is 5.75 Å². The smallest absolute Gasteiger partial charge is 0.237 e. The lowest BCUT2D eigenvalue weighted by atomic mass is 10.1. The molecule has 5 nitrogen and oxygen atoms in total. The second kappa shape index (κ2) is 10.3. The number of nitrogens with one attached hydrogen (secondary N) is 1. The van der Waals surface area contributed by atoms with E-state index in [0.717, 1.165) is 36.3 Å². The third kappa shape index (κ3) is 7.32. The minimum Gasteiger partial charge on any atom is -0.491 e. The summed E-state index contributed by atoms with van der Waals surface area (Å²) in [5.41, 5.74) is 8.18. The number of hydrogen-bond acceptors (Lipinski definition) is 4. The first-order valence-electron chi connectivity index (χ1n) is 8.71. The van der Waals surface area contributed by atoms with Crippen LogP contribution in [0.25, 0.3) is 0 Å². The van der Waals surface area contributed by atoms with E-state index in [1.165, 1.54) is 0 Å². The monoisotopic (exact) mass is 335 g/mol. The van der Waals surface area contributed by atoms with Gasteiger partial charge in [-0.25, -0.2) is 0 Å². The van der Waals surface area contributed by atoms with Crippen molar-refractivity contribution in [2.24, 2.45) is 5.73 Å². The molecule has 1 unspecified atom stereocenters. The maximum atomic E-state index is 12.1. The Balaban J connectivity index is 2.33. The molecule has 2 atom stereocenters. The zero-order valence-corrected chi connectivity index (χ0v) is 15.8. The molecule has 0 bridgehead atoms. The number of nitrogens with two attached hydrogens (primary N) is 1. The van der Waals surface area contributed by atoms with E-state index < -0.39 is 6.04 Å². The van der Waals surface area contributed by atoms with E-state index in [4.69, 9.17) is 10.5 Å². The number of nitrogens with zero attached hydrogens (tertiary/aromatic N) is 1. The molecule has 1 aromatic rings. The lowest BCUT2D eigenvalue weighted by Gasteiger charge is -2.19. The van der Waals surface area contributed by atoms with Gasteiger partial charge in [-0.2, -0.15) is 0 Å². The lowest BCUT2D eigenvalue weighted by Crippen LogP contribution is -2.46. The van der Waals surface area contributed by atoms with Crippen LogP contribution in [0, 0.1) is 13.8 Å². The van der Waals surface area contributed by atoms with E-state index in [1.807, 2.05) is 53.1 Å². The van der Waals surface area contributed by atoms with Gasteiger partial charge < -0.3 is 20.7 Å². The minimum absolute atomic E-state index is 0.0793. The SMILES string of the molecule is Cc1cccc(C)c1OCC(C)NC(=O)[C@@H](N)CCCCN(C)C. The van der Waals surface area contributed by atoms with Crippen LogP contribution in [0.4, 0.5) is 0 Å². The van der Waals surface area contributed by atoms with Gasteiger partial charge in [0.15, 0.2) is 0 Å². The number of amides is 1.